The molecule has 0 N–H and O–H groups in total. The first-order valence-electron chi connectivity index (χ1n) is 20.2. The van der Waals surface area contributed by atoms with Gasteiger partial charge in [0.15, 0.2) is 0 Å². The smallest absolute Gasteiger partial charge is 0.145 e. The summed E-state index contributed by atoms with van der Waals surface area (Å²) in [6.07, 6.45) is 0. The molecule has 0 aliphatic rings. The van der Waals surface area contributed by atoms with Crippen molar-refractivity contribution in [3.63, 3.8) is 0 Å². The highest BCUT2D eigenvalue weighted by Crippen LogP contribution is 2.45. The summed E-state index contributed by atoms with van der Waals surface area (Å²) in [6.45, 7) is 0. The van der Waals surface area contributed by atoms with Gasteiger partial charge in [-0.3, -0.25) is 4.57 Å². The summed E-state index contributed by atoms with van der Waals surface area (Å²) in [4.78, 5) is 5.29. The van der Waals surface area contributed by atoms with E-state index in [1.165, 1.54) is 99.1 Å². The highest BCUT2D eigenvalue weighted by Gasteiger charge is 2.22. The van der Waals surface area contributed by atoms with Gasteiger partial charge in [0.1, 0.15) is 45.1 Å². The molecule has 10 rings (SSSR count). The fraction of sp³-hybridized carbons (Fsp3) is 0. The standard InChI is InChI=1S/C51H39B5N2/c52-45-46(53)48(55)50(49(56)47(45)54)58-42-22-12-11-21-41(42)57-51(58)33-25-23-32(24-26-33)43-37-17-7-9-19-39(37)44(40-20-10-8-18-38(40)43)36-28-34(30-13-3-1-4-14-30)27-35(29-36)31-15-5-2-6-16-31/h1-29H,52-56H2. The highest BCUT2D eigenvalue weighted by molar-refractivity contribution is 6.68. The quantitative estimate of drug-likeness (QED) is 0.175. The first kappa shape index (κ1) is 35.7. The maximum atomic E-state index is 5.29. The van der Waals surface area contributed by atoms with E-state index in [-0.39, 0.29) is 0 Å². The van der Waals surface area contributed by atoms with E-state index in [4.69, 9.17) is 4.98 Å². The van der Waals surface area contributed by atoms with E-state index < -0.39 is 0 Å². The minimum Gasteiger partial charge on any atom is -0.294 e. The fourth-order valence-corrected chi connectivity index (χ4v) is 9.16. The molecule has 1 heterocycles. The first-order chi connectivity index (χ1) is 28.4. The Morgan fingerprint density at radius 3 is 1.24 bits per heavy atom. The van der Waals surface area contributed by atoms with E-state index >= 15 is 0 Å². The summed E-state index contributed by atoms with van der Waals surface area (Å²) in [5.41, 5.74) is 20.8. The van der Waals surface area contributed by atoms with Gasteiger partial charge >= 0.3 is 0 Å². The lowest BCUT2D eigenvalue weighted by Crippen LogP contribution is -2.56. The van der Waals surface area contributed by atoms with Crippen molar-refractivity contribution in [3.8, 4) is 61.6 Å². The Kier molecular flexibility index (Phi) is 8.83. The van der Waals surface area contributed by atoms with Gasteiger partial charge in [-0.25, -0.2) is 4.98 Å². The summed E-state index contributed by atoms with van der Waals surface area (Å²) in [5.74, 6) is 0.958. The average molecular weight is 734 g/mol. The molecule has 0 atom stereocenters. The lowest BCUT2D eigenvalue weighted by Gasteiger charge is -2.23. The van der Waals surface area contributed by atoms with Crippen LogP contribution in [0, 0.1) is 0 Å². The molecule has 0 saturated heterocycles. The van der Waals surface area contributed by atoms with Crippen LogP contribution in [0.25, 0.3) is 94.2 Å². The van der Waals surface area contributed by atoms with E-state index in [2.05, 4.69) is 220 Å². The lowest BCUT2D eigenvalue weighted by molar-refractivity contribution is 1.12. The number of imidazole rings is 1. The Morgan fingerprint density at radius 1 is 0.328 bits per heavy atom. The Morgan fingerprint density at radius 2 is 0.724 bits per heavy atom. The number of hydrogen-bond acceptors (Lipinski definition) is 1. The maximum absolute atomic E-state index is 5.29. The van der Waals surface area contributed by atoms with Crippen molar-refractivity contribution in [2.24, 2.45) is 0 Å². The second kappa shape index (κ2) is 14.3. The molecule has 7 heteroatoms. The van der Waals surface area contributed by atoms with Crippen LogP contribution in [0.3, 0.4) is 0 Å². The van der Waals surface area contributed by atoms with Gasteiger partial charge in [0.25, 0.3) is 0 Å². The van der Waals surface area contributed by atoms with E-state index in [9.17, 15) is 0 Å². The normalized spacial score (nSPS) is 11.4. The van der Waals surface area contributed by atoms with Crippen LogP contribution in [0.4, 0.5) is 0 Å². The molecule has 268 valence electrons. The molecule has 0 aliphatic heterocycles. The van der Waals surface area contributed by atoms with Crippen LogP contribution in [-0.2, 0) is 0 Å². The molecule has 0 saturated carbocycles. The molecule has 0 aliphatic carbocycles. The Labute approximate surface area is 344 Å². The highest BCUT2D eigenvalue weighted by atomic mass is 15.1. The Balaban J connectivity index is 1.17. The molecule has 0 spiro atoms. The molecule has 1 aromatic heterocycles. The third-order valence-electron chi connectivity index (χ3n) is 12.5. The van der Waals surface area contributed by atoms with Gasteiger partial charge in [-0.1, -0.05) is 167 Å². The largest absolute Gasteiger partial charge is 0.294 e. The fourth-order valence-electron chi connectivity index (χ4n) is 9.16. The van der Waals surface area contributed by atoms with Crippen LogP contribution in [0.1, 0.15) is 0 Å². The molecule has 0 bridgehead atoms. The van der Waals surface area contributed by atoms with Crippen molar-refractivity contribution in [2.45, 2.75) is 0 Å². The Hall–Kier alpha value is -6.71. The van der Waals surface area contributed by atoms with Crippen molar-refractivity contribution < 1.29 is 0 Å². The van der Waals surface area contributed by atoms with Crippen LogP contribution in [0.2, 0.25) is 0 Å². The van der Waals surface area contributed by atoms with Crippen molar-refractivity contribution >= 4 is 99.1 Å². The summed E-state index contributed by atoms with van der Waals surface area (Å²) >= 11 is 0. The zero-order chi connectivity index (χ0) is 39.5. The van der Waals surface area contributed by atoms with Crippen LogP contribution in [0.15, 0.2) is 176 Å². The summed E-state index contributed by atoms with van der Waals surface area (Å²) in [6, 6.07) is 64.1. The topological polar surface area (TPSA) is 17.8 Å². The van der Waals surface area contributed by atoms with Gasteiger partial charge in [-0.05, 0) is 96.4 Å². The molecule has 0 amide bonds. The van der Waals surface area contributed by atoms with E-state index in [1.54, 1.807) is 0 Å². The average Bonchev–Trinajstić information content (AvgIpc) is 3.66. The van der Waals surface area contributed by atoms with Crippen LogP contribution in [-0.4, -0.2) is 48.8 Å². The summed E-state index contributed by atoms with van der Waals surface area (Å²) < 4.78 is 2.39. The number of aromatic nitrogens is 2. The predicted molar refractivity (Wildman–Crippen MR) is 264 cm³/mol. The third kappa shape index (κ3) is 5.84. The van der Waals surface area contributed by atoms with E-state index in [0.717, 1.165) is 22.4 Å². The second-order valence-electron chi connectivity index (χ2n) is 15.7. The van der Waals surface area contributed by atoms with Crippen LogP contribution in [0.5, 0.6) is 0 Å². The number of nitrogens with zero attached hydrogens (tertiary/aromatic N) is 2. The molecular formula is C51H39B5N2. The van der Waals surface area contributed by atoms with Gasteiger partial charge in [0, 0.05) is 11.3 Å². The summed E-state index contributed by atoms with van der Waals surface area (Å²) in [7, 11) is 11.2. The van der Waals surface area contributed by atoms with Crippen molar-refractivity contribution in [1.29, 1.82) is 0 Å². The van der Waals surface area contributed by atoms with Crippen molar-refractivity contribution in [1.82, 2.24) is 9.55 Å². The van der Waals surface area contributed by atoms with E-state index in [1.807, 2.05) is 0 Å². The van der Waals surface area contributed by atoms with Gasteiger partial charge < -0.3 is 0 Å². The second-order valence-corrected chi connectivity index (χ2v) is 15.7. The zero-order valence-corrected chi connectivity index (χ0v) is 33.6. The molecule has 2 nitrogen and oxygen atoms in total. The van der Waals surface area contributed by atoms with Gasteiger partial charge in [0.05, 0.1) is 11.0 Å². The molecule has 10 aromatic rings. The Bertz CT molecular complexity index is 3070. The number of hydrogen-bond donors (Lipinski definition) is 0. The van der Waals surface area contributed by atoms with E-state index in [0.29, 0.717) is 0 Å². The number of benzene rings is 9. The third-order valence-corrected chi connectivity index (χ3v) is 12.5. The molecule has 0 unspecified atom stereocenters. The molecule has 0 radical (unpaired) electrons. The van der Waals surface area contributed by atoms with Gasteiger partial charge in [0.2, 0.25) is 0 Å². The molecule has 58 heavy (non-hydrogen) atoms. The number of para-hydroxylation sites is 2. The monoisotopic (exact) mass is 734 g/mol. The molecular weight excluding hydrogens is 695 g/mol. The number of rotatable bonds is 6. The number of fused-ring (bicyclic) bond motifs is 3. The van der Waals surface area contributed by atoms with Gasteiger partial charge in [-0.2, -0.15) is 0 Å². The first-order valence-corrected chi connectivity index (χ1v) is 20.2. The van der Waals surface area contributed by atoms with Crippen molar-refractivity contribution in [2.75, 3.05) is 0 Å². The predicted octanol–water partition coefficient (Wildman–Crippen LogP) is 4.96. The van der Waals surface area contributed by atoms with Crippen LogP contribution < -0.4 is 27.3 Å². The molecule has 9 aromatic carbocycles. The zero-order valence-electron chi connectivity index (χ0n) is 33.6. The van der Waals surface area contributed by atoms with Crippen molar-refractivity contribution in [3.05, 3.63) is 176 Å². The molecule has 0 fully saturated rings. The van der Waals surface area contributed by atoms with Crippen LogP contribution >= 0.6 is 0 Å². The summed E-state index contributed by atoms with van der Waals surface area (Å²) in [5, 5.41) is 4.95. The minimum atomic E-state index is 0.958. The SMILES string of the molecule is Bc1c(B)c(B)c(-n2c(-c3ccc(-c4c5ccccc5c(-c5cc(-c6ccccc6)cc(-c6ccccc6)c5)c5ccccc45)cc3)nc3ccccc32)c(B)c1B. The van der Waals surface area contributed by atoms with Gasteiger partial charge in [-0.15, -0.1) is 5.46 Å². The maximum Gasteiger partial charge on any atom is 0.145 e. The lowest BCUT2D eigenvalue weighted by atomic mass is 9.61. The minimum absolute atomic E-state index is 0.958.